The number of para-hydroxylation sites is 1. The van der Waals surface area contributed by atoms with Crippen LogP contribution in [0.2, 0.25) is 0 Å². The molecule has 0 atom stereocenters. The zero-order valence-corrected chi connectivity index (χ0v) is 45.1. The first-order valence-corrected chi connectivity index (χ1v) is 28.2. The number of furan rings is 1. The van der Waals surface area contributed by atoms with E-state index in [1.807, 2.05) is 54.9 Å². The van der Waals surface area contributed by atoms with Crippen LogP contribution in [0.25, 0.3) is 169 Å². The summed E-state index contributed by atoms with van der Waals surface area (Å²) >= 11 is 0. The average molecular weight is 1070 g/mol. The summed E-state index contributed by atoms with van der Waals surface area (Å²) in [6.45, 7) is 0. The molecule has 0 spiro atoms. The maximum absolute atomic E-state index is 9.63. The third-order valence-electron chi connectivity index (χ3n) is 17.3. The Kier molecular flexibility index (Phi) is 10.4. The minimum absolute atomic E-state index is 0.634. The van der Waals surface area contributed by atoms with Gasteiger partial charge in [0.05, 0.1) is 34.3 Å². The van der Waals surface area contributed by atoms with Crippen LogP contribution >= 0.6 is 0 Å². The van der Waals surface area contributed by atoms with Crippen molar-refractivity contribution >= 4 is 119 Å². The van der Waals surface area contributed by atoms with E-state index in [-0.39, 0.29) is 0 Å². The molecule has 18 aromatic rings. The van der Waals surface area contributed by atoms with Crippen molar-refractivity contribution in [3.63, 3.8) is 0 Å². The van der Waals surface area contributed by atoms with E-state index in [2.05, 4.69) is 228 Å². The van der Waals surface area contributed by atoms with Crippen molar-refractivity contribution in [3.05, 3.63) is 278 Å². The summed E-state index contributed by atoms with van der Waals surface area (Å²) in [6, 6.07) is 95.5. The molecule has 3 aromatic heterocycles. The van der Waals surface area contributed by atoms with E-state index in [0.717, 1.165) is 66.1 Å². The molecule has 18 rings (SSSR count). The van der Waals surface area contributed by atoms with Crippen molar-refractivity contribution in [3.8, 4) is 62.3 Å². The van der Waals surface area contributed by atoms with E-state index < -0.39 is 0 Å². The third kappa shape index (κ3) is 7.51. The Balaban J connectivity index is 0.000000136. The largest absolute Gasteiger partial charge is 0.456 e. The van der Waals surface area contributed by atoms with Gasteiger partial charge >= 0.3 is 0 Å². The first-order valence-electron chi connectivity index (χ1n) is 28.2. The molecule has 0 radical (unpaired) electrons. The molecule has 386 valence electrons. The van der Waals surface area contributed by atoms with Gasteiger partial charge in [-0.1, -0.05) is 127 Å². The van der Waals surface area contributed by atoms with Gasteiger partial charge in [0.15, 0.2) is 0 Å². The second-order valence-electron chi connectivity index (χ2n) is 22.1. The minimum atomic E-state index is 0.634. The Morgan fingerprint density at radius 2 is 0.738 bits per heavy atom. The average Bonchev–Trinajstić information content (AvgIpc) is 2.02. The maximum Gasteiger partial charge on any atom is 0.135 e. The van der Waals surface area contributed by atoms with Gasteiger partial charge in [0.1, 0.15) is 11.2 Å². The molecule has 0 N–H and O–H groups in total. The van der Waals surface area contributed by atoms with Crippen LogP contribution in [0.5, 0.6) is 0 Å². The van der Waals surface area contributed by atoms with Gasteiger partial charge in [-0.15, -0.1) is 0 Å². The molecule has 15 aromatic carbocycles. The quantitative estimate of drug-likeness (QED) is 0.161. The maximum atomic E-state index is 9.63. The highest BCUT2D eigenvalue weighted by Crippen LogP contribution is 2.44. The zero-order chi connectivity index (χ0) is 55.6. The molecule has 0 saturated heterocycles. The molecule has 0 bridgehead atoms. The van der Waals surface area contributed by atoms with Crippen LogP contribution in [-0.4, -0.2) is 9.55 Å². The highest BCUT2D eigenvalue weighted by atomic mass is 16.3. The van der Waals surface area contributed by atoms with Crippen LogP contribution in [0.4, 0.5) is 0 Å². The van der Waals surface area contributed by atoms with E-state index in [0.29, 0.717) is 11.1 Å². The number of fused-ring (bicyclic) bond motifs is 7. The van der Waals surface area contributed by atoms with Crippen molar-refractivity contribution < 1.29 is 4.42 Å². The number of pyridine rings is 1. The van der Waals surface area contributed by atoms with E-state index in [9.17, 15) is 10.5 Å². The number of rotatable bonds is 5. The standard InChI is InChI=1S/C45H26N2.C34H18N2O/c46-27-28-10-19-42-41(20-28)40-18-17-32(26-43(40)47(42)39-8-2-1-3-9-39)38-24-35-15-13-33-22-37(23-34-14-16-36(25-38)45(35)44(33)34)31-12-11-29-6-4-5-7-30(29)21-31;35-18-20-3-9-31-29(12-20)30-17-21(8-10-32(30)37-31)27-13-22-4-6-24-15-28(26-2-1-11-36-19-26)16-25-7-5-23(14-27)33(22)34(24)25/h1-26H;1-17,19H. The predicted octanol–water partition coefficient (Wildman–Crippen LogP) is 21.1. The van der Waals surface area contributed by atoms with Crippen molar-refractivity contribution in [2.45, 2.75) is 0 Å². The fourth-order valence-electron chi connectivity index (χ4n) is 13.4. The second-order valence-corrected chi connectivity index (χ2v) is 22.1. The lowest BCUT2D eigenvalue weighted by atomic mass is 9.89. The summed E-state index contributed by atoms with van der Waals surface area (Å²) in [5.74, 6) is 0. The van der Waals surface area contributed by atoms with Crippen LogP contribution in [0, 0.1) is 22.7 Å². The fourth-order valence-corrected chi connectivity index (χ4v) is 13.4. The first kappa shape index (κ1) is 47.2. The van der Waals surface area contributed by atoms with Crippen LogP contribution in [0.15, 0.2) is 272 Å². The number of nitriles is 2. The molecular weight excluding hydrogens is 1020 g/mol. The van der Waals surface area contributed by atoms with Gasteiger partial charge in [-0.2, -0.15) is 10.5 Å². The lowest BCUT2D eigenvalue weighted by Crippen LogP contribution is -1.93. The summed E-state index contributed by atoms with van der Waals surface area (Å²) < 4.78 is 8.34. The summed E-state index contributed by atoms with van der Waals surface area (Å²) in [7, 11) is 0. The Hall–Kier alpha value is -11.6. The SMILES string of the molecule is N#Cc1ccc2c(c1)c1ccc(-c3cc4ccc5cc(-c6ccc7ccccc7c6)cc6ccc(c3)c4c56)cc1n2-c1ccccc1.N#Cc1ccc2oc3ccc(-c4cc5ccc6cc(-c7cccnc7)cc7ccc(c4)c5c67)cc3c2c1. The molecule has 5 heteroatoms. The summed E-state index contributed by atoms with van der Waals surface area (Å²) in [5, 5.41) is 40.9. The van der Waals surface area contributed by atoms with E-state index >= 15 is 0 Å². The zero-order valence-electron chi connectivity index (χ0n) is 45.1. The highest BCUT2D eigenvalue weighted by molar-refractivity contribution is 6.26. The van der Waals surface area contributed by atoms with E-state index in [4.69, 9.17) is 4.42 Å². The summed E-state index contributed by atoms with van der Waals surface area (Å²) in [5.41, 5.74) is 15.7. The summed E-state index contributed by atoms with van der Waals surface area (Å²) in [6.07, 6.45) is 3.72. The highest BCUT2D eigenvalue weighted by Gasteiger charge is 2.18. The van der Waals surface area contributed by atoms with Gasteiger partial charge in [0.2, 0.25) is 0 Å². The van der Waals surface area contributed by atoms with Crippen molar-refractivity contribution in [1.82, 2.24) is 9.55 Å². The normalized spacial score (nSPS) is 11.8. The molecule has 0 unspecified atom stereocenters. The smallest absolute Gasteiger partial charge is 0.135 e. The molecule has 3 heterocycles. The van der Waals surface area contributed by atoms with E-state index in [1.165, 1.54) is 103 Å². The van der Waals surface area contributed by atoms with Gasteiger partial charge in [0, 0.05) is 45.2 Å². The molecule has 5 nitrogen and oxygen atoms in total. The number of aromatic nitrogens is 2. The van der Waals surface area contributed by atoms with E-state index in [1.54, 1.807) is 6.07 Å². The van der Waals surface area contributed by atoms with Crippen LogP contribution < -0.4 is 0 Å². The predicted molar refractivity (Wildman–Crippen MR) is 348 cm³/mol. The molecule has 0 aliphatic heterocycles. The first-order chi connectivity index (χ1) is 41.5. The second kappa shape index (κ2) is 18.5. The molecule has 84 heavy (non-hydrogen) atoms. The number of nitrogens with zero attached hydrogens (tertiary/aromatic N) is 4. The van der Waals surface area contributed by atoms with Gasteiger partial charge in [-0.3, -0.25) is 4.98 Å². The van der Waals surface area contributed by atoms with Gasteiger partial charge < -0.3 is 8.98 Å². The van der Waals surface area contributed by atoms with Gasteiger partial charge in [-0.25, -0.2) is 0 Å². The lowest BCUT2D eigenvalue weighted by molar-refractivity contribution is 0.669. The monoisotopic (exact) mass is 1060 g/mol. The molecular formula is C79H44N4O. The molecule has 0 amide bonds. The van der Waals surface area contributed by atoms with Gasteiger partial charge in [0.25, 0.3) is 0 Å². The van der Waals surface area contributed by atoms with Gasteiger partial charge in [-0.05, 0) is 242 Å². The molecule has 0 fully saturated rings. The fraction of sp³-hybridized carbons (Fsp3) is 0. The third-order valence-corrected chi connectivity index (χ3v) is 17.3. The Bertz CT molecular complexity index is 5690. The van der Waals surface area contributed by atoms with Crippen molar-refractivity contribution in [2.75, 3.05) is 0 Å². The number of hydrogen-bond acceptors (Lipinski definition) is 4. The Labute approximate surface area is 481 Å². The number of benzene rings is 15. The van der Waals surface area contributed by atoms with Crippen LogP contribution in [-0.2, 0) is 0 Å². The Morgan fingerprint density at radius 1 is 0.298 bits per heavy atom. The summed E-state index contributed by atoms with van der Waals surface area (Å²) in [4.78, 5) is 4.30. The topological polar surface area (TPSA) is 78.5 Å². The minimum Gasteiger partial charge on any atom is -0.456 e. The van der Waals surface area contributed by atoms with Crippen LogP contribution in [0.1, 0.15) is 11.1 Å². The van der Waals surface area contributed by atoms with Crippen LogP contribution in [0.3, 0.4) is 0 Å². The Morgan fingerprint density at radius 3 is 1.30 bits per heavy atom. The number of hydrogen-bond donors (Lipinski definition) is 0. The molecule has 0 saturated carbocycles. The lowest BCUT2D eigenvalue weighted by Gasteiger charge is -2.15. The van der Waals surface area contributed by atoms with Crippen molar-refractivity contribution in [2.24, 2.45) is 0 Å². The molecule has 0 aliphatic carbocycles. The molecule has 0 aliphatic rings. The van der Waals surface area contributed by atoms with Crippen molar-refractivity contribution in [1.29, 1.82) is 10.5 Å².